The maximum absolute atomic E-state index is 11.2. The molecule has 1 unspecified atom stereocenters. The first-order chi connectivity index (χ1) is 7.85. The SMILES string of the molecule is CS(=O)(=O)CC(N)c1ccc2c(c1)CC(=O)N2. The monoisotopic (exact) mass is 254 g/mol. The zero-order valence-electron chi connectivity index (χ0n) is 9.43. The average Bonchev–Trinajstić information content (AvgIpc) is 2.53. The summed E-state index contributed by atoms with van der Waals surface area (Å²) >= 11 is 0. The van der Waals surface area contributed by atoms with Crippen LogP contribution in [0.2, 0.25) is 0 Å². The Morgan fingerprint density at radius 2 is 2.18 bits per heavy atom. The maximum atomic E-state index is 11.2. The minimum Gasteiger partial charge on any atom is -0.326 e. The van der Waals surface area contributed by atoms with E-state index in [4.69, 9.17) is 5.73 Å². The van der Waals surface area contributed by atoms with Crippen molar-refractivity contribution < 1.29 is 13.2 Å². The number of fused-ring (bicyclic) bond motifs is 1. The molecule has 0 fully saturated rings. The van der Waals surface area contributed by atoms with E-state index in [0.717, 1.165) is 23.1 Å². The Hall–Kier alpha value is -1.40. The fourth-order valence-corrected chi connectivity index (χ4v) is 2.75. The van der Waals surface area contributed by atoms with Gasteiger partial charge < -0.3 is 11.1 Å². The molecule has 92 valence electrons. The highest BCUT2D eigenvalue weighted by Crippen LogP contribution is 2.26. The number of rotatable bonds is 3. The quantitative estimate of drug-likeness (QED) is 0.807. The number of amides is 1. The van der Waals surface area contributed by atoms with E-state index in [1.807, 2.05) is 0 Å². The Labute approximate surface area is 99.9 Å². The Kier molecular flexibility index (Phi) is 2.92. The van der Waals surface area contributed by atoms with Crippen LogP contribution in [0.1, 0.15) is 17.2 Å². The summed E-state index contributed by atoms with van der Waals surface area (Å²) in [5.41, 5.74) is 8.22. The molecule has 2 rings (SSSR count). The predicted octanol–water partition coefficient (Wildman–Crippen LogP) is 0.226. The molecule has 5 nitrogen and oxygen atoms in total. The van der Waals surface area contributed by atoms with Crippen LogP contribution in [0.15, 0.2) is 18.2 Å². The molecule has 3 N–H and O–H groups in total. The number of sulfone groups is 1. The van der Waals surface area contributed by atoms with Gasteiger partial charge in [-0.1, -0.05) is 12.1 Å². The average molecular weight is 254 g/mol. The summed E-state index contributed by atoms with van der Waals surface area (Å²) < 4.78 is 22.3. The molecule has 17 heavy (non-hydrogen) atoms. The van der Waals surface area contributed by atoms with E-state index >= 15 is 0 Å². The van der Waals surface area contributed by atoms with Gasteiger partial charge in [0, 0.05) is 18.0 Å². The fraction of sp³-hybridized carbons (Fsp3) is 0.364. The van der Waals surface area contributed by atoms with E-state index in [2.05, 4.69) is 5.32 Å². The number of nitrogens with one attached hydrogen (secondary N) is 1. The van der Waals surface area contributed by atoms with Gasteiger partial charge in [-0.15, -0.1) is 0 Å². The molecule has 0 saturated carbocycles. The molecule has 1 amide bonds. The van der Waals surface area contributed by atoms with E-state index in [1.165, 1.54) is 0 Å². The van der Waals surface area contributed by atoms with Crippen molar-refractivity contribution in [3.63, 3.8) is 0 Å². The number of hydrogen-bond acceptors (Lipinski definition) is 4. The van der Waals surface area contributed by atoms with E-state index in [9.17, 15) is 13.2 Å². The molecule has 0 aliphatic carbocycles. The van der Waals surface area contributed by atoms with Crippen molar-refractivity contribution in [1.29, 1.82) is 0 Å². The molecule has 1 aliphatic rings. The third-order valence-corrected chi connectivity index (χ3v) is 3.63. The Bertz CT molecular complexity index is 566. The van der Waals surface area contributed by atoms with Gasteiger partial charge in [0.25, 0.3) is 0 Å². The van der Waals surface area contributed by atoms with Crippen LogP contribution in [0.5, 0.6) is 0 Å². The van der Waals surface area contributed by atoms with Crippen molar-refractivity contribution >= 4 is 21.4 Å². The summed E-state index contributed by atoms with van der Waals surface area (Å²) in [7, 11) is -3.10. The van der Waals surface area contributed by atoms with Gasteiger partial charge in [-0.05, 0) is 17.2 Å². The standard InChI is InChI=1S/C11H14N2O3S/c1-17(15,16)6-9(12)7-2-3-10-8(4-7)5-11(14)13-10/h2-4,9H,5-6,12H2,1H3,(H,13,14). The second kappa shape index (κ2) is 4.12. The van der Waals surface area contributed by atoms with Crippen LogP contribution in [0.4, 0.5) is 5.69 Å². The van der Waals surface area contributed by atoms with Gasteiger partial charge in [-0.3, -0.25) is 4.79 Å². The molecule has 1 atom stereocenters. The largest absolute Gasteiger partial charge is 0.326 e. The zero-order chi connectivity index (χ0) is 12.6. The molecule has 1 aliphatic heterocycles. The number of benzene rings is 1. The fourth-order valence-electron chi connectivity index (χ4n) is 1.90. The number of nitrogens with two attached hydrogens (primary N) is 1. The van der Waals surface area contributed by atoms with Crippen LogP contribution in [0, 0.1) is 0 Å². The van der Waals surface area contributed by atoms with Gasteiger partial charge in [-0.25, -0.2) is 8.42 Å². The van der Waals surface area contributed by atoms with Crippen molar-refractivity contribution in [3.8, 4) is 0 Å². The van der Waals surface area contributed by atoms with Gasteiger partial charge in [-0.2, -0.15) is 0 Å². The topological polar surface area (TPSA) is 89.3 Å². The zero-order valence-corrected chi connectivity index (χ0v) is 10.3. The number of carbonyl (C=O) groups is 1. The second-order valence-electron chi connectivity index (χ2n) is 4.34. The minimum absolute atomic E-state index is 0.0474. The Balaban J connectivity index is 2.24. The van der Waals surface area contributed by atoms with Crippen LogP contribution in [0.3, 0.4) is 0 Å². The van der Waals surface area contributed by atoms with Crippen LogP contribution in [0.25, 0.3) is 0 Å². The lowest BCUT2D eigenvalue weighted by molar-refractivity contribution is -0.115. The molecule has 1 aromatic carbocycles. The molecule has 0 bridgehead atoms. The normalized spacial score (nSPS) is 16.5. The Morgan fingerprint density at radius 1 is 1.47 bits per heavy atom. The highest BCUT2D eigenvalue weighted by molar-refractivity contribution is 7.90. The van der Waals surface area contributed by atoms with Crippen LogP contribution in [-0.4, -0.2) is 26.3 Å². The highest BCUT2D eigenvalue weighted by atomic mass is 32.2. The van der Waals surface area contributed by atoms with Crippen LogP contribution in [-0.2, 0) is 21.1 Å². The van der Waals surface area contributed by atoms with E-state index < -0.39 is 15.9 Å². The van der Waals surface area contributed by atoms with Crippen LogP contribution >= 0.6 is 0 Å². The van der Waals surface area contributed by atoms with Crippen molar-refractivity contribution in [3.05, 3.63) is 29.3 Å². The lowest BCUT2D eigenvalue weighted by Crippen LogP contribution is -2.20. The third-order valence-electron chi connectivity index (χ3n) is 2.66. The smallest absolute Gasteiger partial charge is 0.228 e. The number of anilines is 1. The van der Waals surface area contributed by atoms with Crippen molar-refractivity contribution in [2.75, 3.05) is 17.3 Å². The molecule has 1 aromatic rings. The first-order valence-electron chi connectivity index (χ1n) is 5.21. The Morgan fingerprint density at radius 3 is 2.82 bits per heavy atom. The molecule has 0 saturated heterocycles. The molecule has 6 heteroatoms. The summed E-state index contributed by atoms with van der Waals surface area (Å²) in [6.45, 7) is 0. The van der Waals surface area contributed by atoms with Crippen molar-refractivity contribution in [2.24, 2.45) is 5.73 Å². The number of hydrogen-bond donors (Lipinski definition) is 2. The first kappa shape index (κ1) is 12.1. The van der Waals surface area contributed by atoms with Crippen molar-refractivity contribution in [2.45, 2.75) is 12.5 Å². The summed E-state index contributed by atoms with van der Waals surface area (Å²) in [6, 6.07) is 4.76. The van der Waals surface area contributed by atoms with Gasteiger partial charge in [0.1, 0.15) is 9.84 Å². The summed E-state index contributed by atoms with van der Waals surface area (Å²) in [5, 5.41) is 2.71. The summed E-state index contributed by atoms with van der Waals surface area (Å²) in [6.07, 6.45) is 1.49. The van der Waals surface area contributed by atoms with Gasteiger partial charge in [0.05, 0.1) is 12.2 Å². The highest BCUT2D eigenvalue weighted by Gasteiger charge is 2.20. The molecule has 0 spiro atoms. The van der Waals surface area contributed by atoms with Crippen LogP contribution < -0.4 is 11.1 Å². The van der Waals surface area contributed by atoms with E-state index in [0.29, 0.717) is 6.42 Å². The van der Waals surface area contributed by atoms with Gasteiger partial charge >= 0.3 is 0 Å². The summed E-state index contributed by atoms with van der Waals surface area (Å²) in [5.74, 6) is -0.137. The summed E-state index contributed by atoms with van der Waals surface area (Å²) in [4.78, 5) is 11.2. The lowest BCUT2D eigenvalue weighted by atomic mass is 10.0. The first-order valence-corrected chi connectivity index (χ1v) is 7.27. The lowest BCUT2D eigenvalue weighted by Gasteiger charge is -2.11. The molecule has 0 radical (unpaired) electrons. The van der Waals surface area contributed by atoms with E-state index in [-0.39, 0.29) is 11.7 Å². The molecular formula is C11H14N2O3S. The number of carbonyl (C=O) groups excluding carboxylic acids is 1. The molecule has 1 heterocycles. The van der Waals surface area contributed by atoms with Gasteiger partial charge in [0.15, 0.2) is 0 Å². The van der Waals surface area contributed by atoms with Crippen molar-refractivity contribution in [1.82, 2.24) is 0 Å². The predicted molar refractivity (Wildman–Crippen MR) is 65.4 cm³/mol. The second-order valence-corrected chi connectivity index (χ2v) is 6.53. The van der Waals surface area contributed by atoms with E-state index in [1.54, 1.807) is 18.2 Å². The molecule has 0 aromatic heterocycles. The molecular weight excluding hydrogens is 240 g/mol. The maximum Gasteiger partial charge on any atom is 0.228 e. The van der Waals surface area contributed by atoms with Gasteiger partial charge in [0.2, 0.25) is 5.91 Å². The third kappa shape index (κ3) is 2.83. The minimum atomic E-state index is -3.10.